The van der Waals surface area contributed by atoms with Gasteiger partial charge in [-0.05, 0) is 17.7 Å². The molecular formula is C15H17N3O. The molecule has 0 aliphatic heterocycles. The first-order valence-corrected chi connectivity index (χ1v) is 6.13. The van der Waals surface area contributed by atoms with Gasteiger partial charge in [0.25, 0.3) is 5.91 Å². The molecule has 4 nitrogen and oxygen atoms in total. The van der Waals surface area contributed by atoms with Gasteiger partial charge in [0, 0.05) is 26.8 Å². The van der Waals surface area contributed by atoms with Crippen LogP contribution in [0.15, 0.2) is 48.7 Å². The lowest BCUT2D eigenvalue weighted by Crippen LogP contribution is -2.25. The number of amides is 1. The molecule has 0 aliphatic carbocycles. The molecule has 0 unspecified atom stereocenters. The fraction of sp³-hybridized carbons (Fsp3) is 0.200. The lowest BCUT2D eigenvalue weighted by molar-refractivity contribution is 0.0951. The third-order valence-corrected chi connectivity index (χ3v) is 2.75. The molecule has 0 bridgehead atoms. The number of nitrogens with one attached hydrogen (secondary N) is 1. The predicted octanol–water partition coefficient (Wildman–Crippen LogP) is 2.08. The van der Waals surface area contributed by atoms with E-state index in [1.165, 1.54) is 0 Å². The van der Waals surface area contributed by atoms with Crippen molar-refractivity contribution in [3.63, 3.8) is 0 Å². The molecule has 2 rings (SSSR count). The molecule has 1 aromatic heterocycles. The van der Waals surface area contributed by atoms with Gasteiger partial charge in [-0.15, -0.1) is 0 Å². The lowest BCUT2D eigenvalue weighted by atomic mass is 10.2. The summed E-state index contributed by atoms with van der Waals surface area (Å²) in [5.41, 5.74) is 1.66. The zero-order chi connectivity index (χ0) is 13.7. The largest absolute Gasteiger partial charge is 0.362 e. The van der Waals surface area contributed by atoms with Gasteiger partial charge >= 0.3 is 0 Å². The number of benzene rings is 1. The van der Waals surface area contributed by atoms with Gasteiger partial charge in [0.15, 0.2) is 0 Å². The second kappa shape index (κ2) is 6.00. The van der Waals surface area contributed by atoms with Gasteiger partial charge in [-0.3, -0.25) is 4.79 Å². The summed E-state index contributed by atoms with van der Waals surface area (Å²) in [5.74, 6) is 0.564. The van der Waals surface area contributed by atoms with Gasteiger partial charge in [0.05, 0.1) is 5.56 Å². The molecule has 0 atom stereocenters. The number of hydrogen-bond donors (Lipinski definition) is 1. The molecule has 1 N–H and O–H groups in total. The van der Waals surface area contributed by atoms with Crippen LogP contribution in [0.4, 0.5) is 5.82 Å². The molecule has 0 radical (unpaired) electrons. The Labute approximate surface area is 113 Å². The topological polar surface area (TPSA) is 45.2 Å². The number of nitrogens with zero attached hydrogens (tertiary/aromatic N) is 2. The Morgan fingerprint density at radius 3 is 2.58 bits per heavy atom. The minimum absolute atomic E-state index is 0.111. The molecule has 19 heavy (non-hydrogen) atoms. The highest BCUT2D eigenvalue weighted by Crippen LogP contribution is 2.14. The van der Waals surface area contributed by atoms with Crippen molar-refractivity contribution < 1.29 is 4.79 Å². The molecule has 0 fully saturated rings. The van der Waals surface area contributed by atoms with E-state index >= 15 is 0 Å². The van der Waals surface area contributed by atoms with Crippen LogP contribution in [0.2, 0.25) is 0 Å². The first kappa shape index (κ1) is 13.1. The van der Waals surface area contributed by atoms with E-state index in [-0.39, 0.29) is 5.91 Å². The van der Waals surface area contributed by atoms with Crippen molar-refractivity contribution in [3.8, 4) is 0 Å². The normalized spacial score (nSPS) is 10.0. The van der Waals surface area contributed by atoms with Crippen molar-refractivity contribution in [2.24, 2.45) is 0 Å². The fourth-order valence-corrected chi connectivity index (χ4v) is 1.80. The van der Waals surface area contributed by atoms with E-state index in [2.05, 4.69) is 10.3 Å². The minimum atomic E-state index is -0.111. The molecule has 2 aromatic rings. The molecule has 1 amide bonds. The standard InChI is InChI=1S/C15H17N3O/c1-18(2)14-13(9-6-10-16-14)15(19)17-11-12-7-4-3-5-8-12/h3-10H,11H2,1-2H3,(H,17,19). The van der Waals surface area contributed by atoms with Crippen molar-refractivity contribution in [2.75, 3.05) is 19.0 Å². The molecule has 0 saturated carbocycles. The summed E-state index contributed by atoms with van der Waals surface area (Å²) in [6.45, 7) is 0.515. The van der Waals surface area contributed by atoms with Gasteiger partial charge in [-0.1, -0.05) is 30.3 Å². The van der Waals surface area contributed by atoms with Crippen molar-refractivity contribution >= 4 is 11.7 Å². The van der Waals surface area contributed by atoms with E-state index in [0.29, 0.717) is 17.9 Å². The highest BCUT2D eigenvalue weighted by atomic mass is 16.1. The molecular weight excluding hydrogens is 238 g/mol. The fourth-order valence-electron chi connectivity index (χ4n) is 1.80. The maximum absolute atomic E-state index is 12.2. The summed E-state index contributed by atoms with van der Waals surface area (Å²) in [5, 5.41) is 2.90. The summed E-state index contributed by atoms with van der Waals surface area (Å²) >= 11 is 0. The van der Waals surface area contributed by atoms with Crippen molar-refractivity contribution in [2.45, 2.75) is 6.54 Å². The monoisotopic (exact) mass is 255 g/mol. The first-order valence-electron chi connectivity index (χ1n) is 6.13. The zero-order valence-corrected chi connectivity index (χ0v) is 11.1. The van der Waals surface area contributed by atoms with E-state index in [0.717, 1.165) is 5.56 Å². The van der Waals surface area contributed by atoms with E-state index in [1.807, 2.05) is 49.3 Å². The van der Waals surface area contributed by atoms with Crippen LogP contribution in [-0.4, -0.2) is 25.0 Å². The van der Waals surface area contributed by atoms with Crippen LogP contribution in [0.25, 0.3) is 0 Å². The van der Waals surface area contributed by atoms with Crippen LogP contribution in [0.3, 0.4) is 0 Å². The molecule has 4 heteroatoms. The van der Waals surface area contributed by atoms with Gasteiger partial charge < -0.3 is 10.2 Å². The van der Waals surface area contributed by atoms with Gasteiger partial charge in [0.1, 0.15) is 5.82 Å². The highest BCUT2D eigenvalue weighted by molar-refractivity contribution is 5.98. The smallest absolute Gasteiger partial charge is 0.255 e. The van der Waals surface area contributed by atoms with Crippen LogP contribution in [-0.2, 0) is 6.54 Å². The average Bonchev–Trinajstić information content (AvgIpc) is 2.46. The number of carbonyl (C=O) groups is 1. The third-order valence-electron chi connectivity index (χ3n) is 2.75. The molecule has 0 saturated heterocycles. The number of pyridine rings is 1. The Balaban J connectivity index is 2.08. The number of carbonyl (C=O) groups excluding carboxylic acids is 1. The summed E-state index contributed by atoms with van der Waals surface area (Å²) in [6.07, 6.45) is 1.68. The number of hydrogen-bond acceptors (Lipinski definition) is 3. The zero-order valence-electron chi connectivity index (χ0n) is 11.1. The second-order valence-electron chi connectivity index (χ2n) is 4.44. The first-order chi connectivity index (χ1) is 9.18. The van der Waals surface area contributed by atoms with E-state index in [4.69, 9.17) is 0 Å². The Bertz CT molecular complexity index is 552. The lowest BCUT2D eigenvalue weighted by Gasteiger charge is -2.15. The van der Waals surface area contributed by atoms with E-state index in [1.54, 1.807) is 18.3 Å². The summed E-state index contributed by atoms with van der Waals surface area (Å²) in [6, 6.07) is 13.4. The maximum Gasteiger partial charge on any atom is 0.255 e. The predicted molar refractivity (Wildman–Crippen MR) is 76.2 cm³/mol. The van der Waals surface area contributed by atoms with E-state index in [9.17, 15) is 4.79 Å². The Morgan fingerprint density at radius 2 is 1.89 bits per heavy atom. The number of aromatic nitrogens is 1. The third kappa shape index (κ3) is 3.31. The Morgan fingerprint density at radius 1 is 1.16 bits per heavy atom. The average molecular weight is 255 g/mol. The van der Waals surface area contributed by atoms with Crippen molar-refractivity contribution in [1.82, 2.24) is 10.3 Å². The van der Waals surface area contributed by atoms with Crippen LogP contribution in [0.1, 0.15) is 15.9 Å². The van der Waals surface area contributed by atoms with E-state index < -0.39 is 0 Å². The maximum atomic E-state index is 12.2. The molecule has 1 heterocycles. The second-order valence-corrected chi connectivity index (χ2v) is 4.44. The van der Waals surface area contributed by atoms with Crippen LogP contribution >= 0.6 is 0 Å². The summed E-state index contributed by atoms with van der Waals surface area (Å²) in [7, 11) is 3.74. The Kier molecular flexibility index (Phi) is 4.13. The van der Waals surface area contributed by atoms with Crippen molar-refractivity contribution in [3.05, 3.63) is 59.8 Å². The molecule has 98 valence electrons. The highest BCUT2D eigenvalue weighted by Gasteiger charge is 2.12. The van der Waals surface area contributed by atoms with Gasteiger partial charge in [0.2, 0.25) is 0 Å². The van der Waals surface area contributed by atoms with Crippen LogP contribution in [0.5, 0.6) is 0 Å². The molecule has 1 aromatic carbocycles. The quantitative estimate of drug-likeness (QED) is 0.909. The molecule has 0 spiro atoms. The van der Waals surface area contributed by atoms with Crippen molar-refractivity contribution in [1.29, 1.82) is 0 Å². The number of anilines is 1. The summed E-state index contributed by atoms with van der Waals surface area (Å²) in [4.78, 5) is 18.2. The van der Waals surface area contributed by atoms with Crippen LogP contribution < -0.4 is 10.2 Å². The number of rotatable bonds is 4. The Hall–Kier alpha value is -2.36. The summed E-state index contributed by atoms with van der Waals surface area (Å²) < 4.78 is 0. The van der Waals surface area contributed by atoms with Crippen LogP contribution in [0, 0.1) is 0 Å². The minimum Gasteiger partial charge on any atom is -0.362 e. The van der Waals surface area contributed by atoms with Gasteiger partial charge in [-0.25, -0.2) is 4.98 Å². The SMILES string of the molecule is CN(C)c1ncccc1C(=O)NCc1ccccc1. The molecule has 0 aliphatic rings. The van der Waals surface area contributed by atoms with Gasteiger partial charge in [-0.2, -0.15) is 0 Å².